The van der Waals surface area contributed by atoms with Crippen molar-refractivity contribution in [2.45, 2.75) is 0 Å². The first-order valence-electron chi connectivity index (χ1n) is 3.36. The molecule has 1 amide bonds. The molecule has 0 aliphatic heterocycles. The van der Waals surface area contributed by atoms with Gasteiger partial charge in [-0.2, -0.15) is 0 Å². The number of non-ortho nitro benzene ring substituents is 1. The molecule has 0 spiro atoms. The molecular weight excluding hydrogens is 198 g/mol. The van der Waals surface area contributed by atoms with E-state index in [1.165, 1.54) is 0 Å². The Labute approximate surface area is 76.3 Å². The Morgan fingerprint density at radius 2 is 1.79 bits per heavy atom. The van der Waals surface area contributed by atoms with E-state index in [2.05, 4.69) is 5.73 Å². The van der Waals surface area contributed by atoms with Crippen molar-refractivity contribution in [3.63, 3.8) is 0 Å². The molecule has 0 unspecified atom stereocenters. The lowest BCUT2D eigenvalue weighted by Gasteiger charge is -1.99. The summed E-state index contributed by atoms with van der Waals surface area (Å²) in [6, 6.07) is 0.867. The fourth-order valence-electron chi connectivity index (χ4n) is 0.901. The van der Waals surface area contributed by atoms with Crippen molar-refractivity contribution in [2.75, 3.05) is 0 Å². The Morgan fingerprint density at radius 1 is 1.36 bits per heavy atom. The maximum Gasteiger partial charge on any atom is 0.275 e. The van der Waals surface area contributed by atoms with E-state index < -0.39 is 33.7 Å². The molecular formula is C7H4F2N2O3. The number of primary amides is 1. The number of hydrogen-bond acceptors (Lipinski definition) is 3. The number of nitrogens with two attached hydrogens (primary N) is 1. The van der Waals surface area contributed by atoms with Gasteiger partial charge in [0.2, 0.25) is 0 Å². The topological polar surface area (TPSA) is 86.2 Å². The fraction of sp³-hybridized carbons (Fsp3) is 0. The SMILES string of the molecule is NC(=O)c1c(F)cc([N+](=O)[O-])cc1F. The number of rotatable bonds is 2. The van der Waals surface area contributed by atoms with Gasteiger partial charge in [-0.15, -0.1) is 0 Å². The molecule has 7 heteroatoms. The zero-order valence-electron chi connectivity index (χ0n) is 6.66. The number of nitro groups is 1. The van der Waals surface area contributed by atoms with E-state index >= 15 is 0 Å². The molecule has 2 N–H and O–H groups in total. The highest BCUT2D eigenvalue weighted by atomic mass is 19.1. The summed E-state index contributed by atoms with van der Waals surface area (Å²) in [5, 5.41) is 10.1. The summed E-state index contributed by atoms with van der Waals surface area (Å²) >= 11 is 0. The Balaban J connectivity index is 3.39. The molecule has 0 saturated carbocycles. The molecule has 0 aliphatic rings. The highest BCUT2D eigenvalue weighted by Crippen LogP contribution is 2.19. The second-order valence-corrected chi connectivity index (χ2v) is 2.41. The highest BCUT2D eigenvalue weighted by Gasteiger charge is 2.20. The number of nitro benzene ring substituents is 1. The van der Waals surface area contributed by atoms with Crippen LogP contribution in [0.5, 0.6) is 0 Å². The molecule has 0 aliphatic carbocycles. The lowest BCUT2D eigenvalue weighted by atomic mass is 10.1. The molecule has 0 bridgehead atoms. The van der Waals surface area contributed by atoms with Crippen LogP contribution in [0.3, 0.4) is 0 Å². The van der Waals surface area contributed by atoms with Gasteiger partial charge in [0.05, 0.1) is 17.1 Å². The van der Waals surface area contributed by atoms with Gasteiger partial charge in [0, 0.05) is 0 Å². The quantitative estimate of drug-likeness (QED) is 0.572. The number of amides is 1. The van der Waals surface area contributed by atoms with Gasteiger partial charge in [-0.25, -0.2) is 8.78 Å². The minimum Gasteiger partial charge on any atom is -0.365 e. The van der Waals surface area contributed by atoms with Crippen LogP contribution in [0.15, 0.2) is 12.1 Å². The van der Waals surface area contributed by atoms with E-state index in [0.29, 0.717) is 12.1 Å². The predicted octanol–water partition coefficient (Wildman–Crippen LogP) is 0.972. The molecule has 5 nitrogen and oxygen atoms in total. The van der Waals surface area contributed by atoms with Crippen LogP contribution in [0, 0.1) is 21.7 Å². The van der Waals surface area contributed by atoms with Crippen molar-refractivity contribution in [2.24, 2.45) is 5.73 Å². The van der Waals surface area contributed by atoms with Gasteiger partial charge < -0.3 is 5.73 Å². The van der Waals surface area contributed by atoms with Gasteiger partial charge in [-0.3, -0.25) is 14.9 Å². The molecule has 1 aromatic rings. The first-order chi connectivity index (χ1) is 6.43. The summed E-state index contributed by atoms with van der Waals surface area (Å²) in [6.07, 6.45) is 0. The van der Waals surface area contributed by atoms with Crippen molar-refractivity contribution in [3.05, 3.63) is 39.4 Å². The Kier molecular flexibility index (Phi) is 2.41. The monoisotopic (exact) mass is 202 g/mol. The van der Waals surface area contributed by atoms with Gasteiger partial charge in [-0.05, 0) is 0 Å². The summed E-state index contributed by atoms with van der Waals surface area (Å²) in [7, 11) is 0. The molecule has 1 rings (SSSR count). The van der Waals surface area contributed by atoms with Crippen molar-refractivity contribution < 1.29 is 18.5 Å². The standard InChI is InChI=1S/C7H4F2N2O3/c8-4-1-3(11(13)14)2-5(9)6(4)7(10)12/h1-2H,(H2,10,12). The Bertz CT molecular complexity index is 396. The number of hydrogen-bond donors (Lipinski definition) is 1. The number of halogens is 2. The molecule has 74 valence electrons. The number of carbonyl (C=O) groups is 1. The molecule has 1 aromatic carbocycles. The van der Waals surface area contributed by atoms with Crippen molar-refractivity contribution in [1.82, 2.24) is 0 Å². The smallest absolute Gasteiger partial charge is 0.275 e. The Morgan fingerprint density at radius 3 is 2.07 bits per heavy atom. The normalized spacial score (nSPS) is 9.86. The third-order valence-electron chi connectivity index (χ3n) is 1.48. The van der Waals surface area contributed by atoms with Crippen LogP contribution in [-0.2, 0) is 0 Å². The molecule has 0 aromatic heterocycles. The maximum atomic E-state index is 12.9. The number of nitrogens with zero attached hydrogens (tertiary/aromatic N) is 1. The second kappa shape index (κ2) is 3.36. The van der Waals surface area contributed by atoms with Gasteiger partial charge in [0.15, 0.2) is 0 Å². The van der Waals surface area contributed by atoms with Gasteiger partial charge in [-0.1, -0.05) is 0 Å². The Hall–Kier alpha value is -2.05. The summed E-state index contributed by atoms with van der Waals surface area (Å²) in [5.41, 5.74) is 2.90. The van der Waals surface area contributed by atoms with Crippen LogP contribution in [0.4, 0.5) is 14.5 Å². The summed E-state index contributed by atoms with van der Waals surface area (Å²) in [6.45, 7) is 0. The second-order valence-electron chi connectivity index (χ2n) is 2.41. The van der Waals surface area contributed by atoms with Crippen molar-refractivity contribution in [3.8, 4) is 0 Å². The summed E-state index contributed by atoms with van der Waals surface area (Å²) in [4.78, 5) is 19.7. The van der Waals surface area contributed by atoms with Crippen LogP contribution < -0.4 is 5.73 Å². The highest BCUT2D eigenvalue weighted by molar-refractivity contribution is 5.93. The average molecular weight is 202 g/mol. The third-order valence-corrected chi connectivity index (χ3v) is 1.48. The zero-order valence-corrected chi connectivity index (χ0v) is 6.66. The van der Waals surface area contributed by atoms with E-state index in [1.54, 1.807) is 0 Å². The predicted molar refractivity (Wildman–Crippen MR) is 41.5 cm³/mol. The molecule has 0 atom stereocenters. The largest absolute Gasteiger partial charge is 0.365 e. The zero-order chi connectivity index (χ0) is 10.9. The van der Waals surface area contributed by atoms with Gasteiger partial charge >= 0.3 is 0 Å². The molecule has 0 fully saturated rings. The lowest BCUT2D eigenvalue weighted by molar-refractivity contribution is -0.385. The third kappa shape index (κ3) is 1.65. The van der Waals surface area contributed by atoms with E-state index in [-0.39, 0.29) is 0 Å². The van der Waals surface area contributed by atoms with Crippen molar-refractivity contribution in [1.29, 1.82) is 0 Å². The van der Waals surface area contributed by atoms with Crippen LogP contribution >= 0.6 is 0 Å². The van der Waals surface area contributed by atoms with Gasteiger partial charge in [0.25, 0.3) is 11.6 Å². The van der Waals surface area contributed by atoms with E-state index in [0.717, 1.165) is 0 Å². The number of carbonyl (C=O) groups excluding carboxylic acids is 1. The number of benzene rings is 1. The molecule has 0 saturated heterocycles. The van der Waals surface area contributed by atoms with E-state index in [4.69, 9.17) is 0 Å². The summed E-state index contributed by atoms with van der Waals surface area (Å²) < 4.78 is 25.8. The van der Waals surface area contributed by atoms with Gasteiger partial charge in [0.1, 0.15) is 17.2 Å². The van der Waals surface area contributed by atoms with Crippen LogP contribution in [0.25, 0.3) is 0 Å². The first kappa shape index (κ1) is 10.0. The minimum atomic E-state index is -1.34. The minimum absolute atomic E-state index is 0.434. The van der Waals surface area contributed by atoms with E-state index in [1.807, 2.05) is 0 Å². The molecule has 14 heavy (non-hydrogen) atoms. The van der Waals surface area contributed by atoms with Crippen LogP contribution in [0.2, 0.25) is 0 Å². The lowest BCUT2D eigenvalue weighted by Crippen LogP contribution is -2.15. The summed E-state index contributed by atoms with van der Waals surface area (Å²) in [5.74, 6) is -4.00. The van der Waals surface area contributed by atoms with E-state index in [9.17, 15) is 23.7 Å². The fourth-order valence-corrected chi connectivity index (χ4v) is 0.901. The maximum absolute atomic E-state index is 12.9. The molecule has 0 radical (unpaired) electrons. The van der Waals surface area contributed by atoms with Crippen molar-refractivity contribution >= 4 is 11.6 Å². The van der Waals surface area contributed by atoms with Crippen LogP contribution in [-0.4, -0.2) is 10.8 Å². The first-order valence-corrected chi connectivity index (χ1v) is 3.36. The van der Waals surface area contributed by atoms with Crippen LogP contribution in [0.1, 0.15) is 10.4 Å². The molecule has 0 heterocycles. The average Bonchev–Trinajstić information content (AvgIpc) is 2.01.